The lowest BCUT2D eigenvalue weighted by molar-refractivity contribution is -0.134. The van der Waals surface area contributed by atoms with Crippen molar-refractivity contribution in [3.05, 3.63) is 16.5 Å². The highest BCUT2D eigenvalue weighted by atomic mass is 79.9. The van der Waals surface area contributed by atoms with E-state index in [2.05, 4.69) is 31.2 Å². The van der Waals surface area contributed by atoms with E-state index >= 15 is 0 Å². The van der Waals surface area contributed by atoms with Crippen molar-refractivity contribution in [2.24, 2.45) is 0 Å². The predicted octanol–water partition coefficient (Wildman–Crippen LogP) is 1.21. The van der Waals surface area contributed by atoms with Crippen LogP contribution in [0.2, 0.25) is 0 Å². The lowest BCUT2D eigenvalue weighted by atomic mass is 10.3. The minimum atomic E-state index is 0.153. The van der Waals surface area contributed by atoms with Crippen molar-refractivity contribution < 1.29 is 9.53 Å². The van der Waals surface area contributed by atoms with Crippen LogP contribution in [0.1, 0.15) is 12.2 Å². The van der Waals surface area contributed by atoms with Crippen molar-refractivity contribution in [1.82, 2.24) is 14.9 Å². The lowest BCUT2D eigenvalue weighted by Gasteiger charge is -2.26. The molecule has 0 radical (unpaired) electrons. The third kappa shape index (κ3) is 4.43. The van der Waals surface area contributed by atoms with Crippen LogP contribution < -0.4 is 5.32 Å². The standard InChI is InChI=1S/C12H17BrN4O2/c1-9-15-10(13)8-11(16-9)14-3-2-12(18)17-4-6-19-7-5-17/h8H,2-7H2,1H3,(H,14,15,16). The van der Waals surface area contributed by atoms with E-state index in [1.807, 2.05) is 11.8 Å². The maximum Gasteiger partial charge on any atom is 0.224 e. The fourth-order valence-corrected chi connectivity index (χ4v) is 2.36. The fraction of sp³-hybridized carbons (Fsp3) is 0.583. The number of aromatic nitrogens is 2. The Labute approximate surface area is 120 Å². The Hall–Kier alpha value is -1.21. The van der Waals surface area contributed by atoms with Crippen LogP contribution in [0.25, 0.3) is 0 Å². The highest BCUT2D eigenvalue weighted by Gasteiger charge is 2.16. The van der Waals surface area contributed by atoms with Gasteiger partial charge in [-0.3, -0.25) is 4.79 Å². The number of ether oxygens (including phenoxy) is 1. The Kier molecular flexibility index (Phi) is 5.09. The number of carbonyl (C=O) groups is 1. The van der Waals surface area contributed by atoms with Gasteiger partial charge in [-0.25, -0.2) is 9.97 Å². The van der Waals surface area contributed by atoms with Crippen molar-refractivity contribution in [3.8, 4) is 0 Å². The number of amides is 1. The second kappa shape index (κ2) is 6.81. The second-order valence-corrected chi connectivity index (χ2v) is 5.11. The molecule has 1 aliphatic heterocycles. The summed E-state index contributed by atoms with van der Waals surface area (Å²) in [4.78, 5) is 22.1. The molecule has 0 aliphatic carbocycles. The molecule has 2 rings (SSSR count). The fourth-order valence-electron chi connectivity index (χ4n) is 1.89. The molecule has 0 unspecified atom stereocenters. The molecule has 1 N–H and O–H groups in total. The van der Waals surface area contributed by atoms with Gasteiger partial charge in [0.1, 0.15) is 16.2 Å². The molecule has 0 spiro atoms. The molecule has 19 heavy (non-hydrogen) atoms. The van der Waals surface area contributed by atoms with Crippen molar-refractivity contribution in [1.29, 1.82) is 0 Å². The normalized spacial score (nSPS) is 15.4. The number of morpholine rings is 1. The highest BCUT2D eigenvalue weighted by molar-refractivity contribution is 9.10. The number of nitrogens with one attached hydrogen (secondary N) is 1. The van der Waals surface area contributed by atoms with E-state index in [1.165, 1.54) is 0 Å². The van der Waals surface area contributed by atoms with Crippen LogP contribution >= 0.6 is 15.9 Å². The van der Waals surface area contributed by atoms with Crippen molar-refractivity contribution in [2.75, 3.05) is 38.2 Å². The van der Waals surface area contributed by atoms with E-state index in [0.717, 1.165) is 10.4 Å². The Morgan fingerprint density at radius 3 is 2.89 bits per heavy atom. The molecular weight excluding hydrogens is 312 g/mol. The van der Waals surface area contributed by atoms with Gasteiger partial charge in [-0.05, 0) is 22.9 Å². The number of nitrogens with zero attached hydrogens (tertiary/aromatic N) is 3. The van der Waals surface area contributed by atoms with Crippen LogP contribution in [0.4, 0.5) is 5.82 Å². The molecule has 1 aromatic rings. The molecule has 7 heteroatoms. The van der Waals surface area contributed by atoms with Crippen LogP contribution in [0.15, 0.2) is 10.7 Å². The van der Waals surface area contributed by atoms with Gasteiger partial charge in [-0.15, -0.1) is 0 Å². The Balaban J connectivity index is 1.77. The number of hydrogen-bond acceptors (Lipinski definition) is 5. The molecule has 1 amide bonds. The smallest absolute Gasteiger partial charge is 0.224 e. The van der Waals surface area contributed by atoms with E-state index in [0.29, 0.717) is 45.1 Å². The monoisotopic (exact) mass is 328 g/mol. The van der Waals surface area contributed by atoms with E-state index in [4.69, 9.17) is 4.74 Å². The number of rotatable bonds is 4. The van der Waals surface area contributed by atoms with E-state index < -0.39 is 0 Å². The molecule has 1 aliphatic rings. The van der Waals surface area contributed by atoms with Gasteiger partial charge in [0.25, 0.3) is 0 Å². The summed E-state index contributed by atoms with van der Waals surface area (Å²) in [7, 11) is 0. The maximum absolute atomic E-state index is 11.9. The third-order valence-corrected chi connectivity index (χ3v) is 3.22. The molecule has 2 heterocycles. The first-order chi connectivity index (χ1) is 9.15. The molecular formula is C12H17BrN4O2. The first-order valence-corrected chi connectivity index (χ1v) is 7.05. The largest absolute Gasteiger partial charge is 0.378 e. The number of aryl methyl sites for hydroxylation is 1. The molecule has 1 aromatic heterocycles. The van der Waals surface area contributed by atoms with Crippen molar-refractivity contribution in [3.63, 3.8) is 0 Å². The minimum Gasteiger partial charge on any atom is -0.378 e. The Bertz CT molecular complexity index is 429. The molecule has 1 fully saturated rings. The zero-order valence-electron chi connectivity index (χ0n) is 10.9. The van der Waals surface area contributed by atoms with E-state index in [1.54, 1.807) is 6.07 Å². The summed E-state index contributed by atoms with van der Waals surface area (Å²) in [6.07, 6.45) is 0.459. The van der Waals surface area contributed by atoms with Crippen molar-refractivity contribution >= 4 is 27.7 Å². The number of halogens is 1. The minimum absolute atomic E-state index is 0.153. The molecule has 1 saturated heterocycles. The zero-order chi connectivity index (χ0) is 13.7. The molecule has 0 aromatic carbocycles. The zero-order valence-corrected chi connectivity index (χ0v) is 12.4. The summed E-state index contributed by atoms with van der Waals surface area (Å²) in [5, 5.41) is 3.14. The molecule has 0 saturated carbocycles. The summed E-state index contributed by atoms with van der Waals surface area (Å²) in [5.74, 6) is 1.58. The molecule has 6 nitrogen and oxygen atoms in total. The summed E-state index contributed by atoms with van der Waals surface area (Å²) in [6, 6.07) is 1.80. The van der Waals surface area contributed by atoms with Gasteiger partial charge < -0.3 is 15.0 Å². The van der Waals surface area contributed by atoms with Gasteiger partial charge in [0.05, 0.1) is 13.2 Å². The molecule has 0 atom stereocenters. The molecule has 0 bridgehead atoms. The summed E-state index contributed by atoms with van der Waals surface area (Å²) >= 11 is 3.32. The van der Waals surface area contributed by atoms with Gasteiger partial charge in [0, 0.05) is 32.1 Å². The summed E-state index contributed by atoms with van der Waals surface area (Å²) in [5.41, 5.74) is 0. The second-order valence-electron chi connectivity index (χ2n) is 4.29. The first kappa shape index (κ1) is 14.2. The van der Waals surface area contributed by atoms with Gasteiger partial charge in [-0.2, -0.15) is 0 Å². The van der Waals surface area contributed by atoms with Gasteiger partial charge in [0.15, 0.2) is 0 Å². The number of carbonyl (C=O) groups excluding carboxylic acids is 1. The average molecular weight is 329 g/mol. The van der Waals surface area contributed by atoms with Crippen LogP contribution in [0.3, 0.4) is 0 Å². The maximum atomic E-state index is 11.9. The molecule has 104 valence electrons. The quantitative estimate of drug-likeness (QED) is 0.841. The average Bonchev–Trinajstić information content (AvgIpc) is 2.38. The Morgan fingerprint density at radius 2 is 2.21 bits per heavy atom. The van der Waals surface area contributed by atoms with Crippen molar-refractivity contribution in [2.45, 2.75) is 13.3 Å². The third-order valence-electron chi connectivity index (χ3n) is 2.82. The predicted molar refractivity (Wildman–Crippen MR) is 75.0 cm³/mol. The van der Waals surface area contributed by atoms with Crippen LogP contribution in [0.5, 0.6) is 0 Å². The Morgan fingerprint density at radius 1 is 1.47 bits per heavy atom. The number of anilines is 1. The summed E-state index contributed by atoms with van der Waals surface area (Å²) < 4.78 is 5.96. The summed E-state index contributed by atoms with van der Waals surface area (Å²) in [6.45, 7) is 5.05. The van der Waals surface area contributed by atoms with Crippen LogP contribution in [-0.2, 0) is 9.53 Å². The van der Waals surface area contributed by atoms with Crippen LogP contribution in [0, 0.1) is 6.92 Å². The van der Waals surface area contributed by atoms with Gasteiger partial charge >= 0.3 is 0 Å². The SMILES string of the molecule is Cc1nc(Br)cc(NCCC(=O)N2CCOCC2)n1. The van der Waals surface area contributed by atoms with E-state index in [9.17, 15) is 4.79 Å². The lowest BCUT2D eigenvalue weighted by Crippen LogP contribution is -2.41. The van der Waals surface area contributed by atoms with Gasteiger partial charge in [-0.1, -0.05) is 0 Å². The highest BCUT2D eigenvalue weighted by Crippen LogP contribution is 2.11. The topological polar surface area (TPSA) is 67.4 Å². The van der Waals surface area contributed by atoms with Crippen LogP contribution in [-0.4, -0.2) is 53.6 Å². The number of hydrogen-bond donors (Lipinski definition) is 1. The first-order valence-electron chi connectivity index (χ1n) is 6.26. The van der Waals surface area contributed by atoms with E-state index in [-0.39, 0.29) is 5.91 Å². The van der Waals surface area contributed by atoms with Gasteiger partial charge in [0.2, 0.25) is 5.91 Å².